The van der Waals surface area contributed by atoms with E-state index in [-0.39, 0.29) is 10.6 Å². The van der Waals surface area contributed by atoms with Crippen molar-refractivity contribution in [3.05, 3.63) is 24.0 Å². The van der Waals surface area contributed by atoms with E-state index < -0.39 is 28.1 Å². The van der Waals surface area contributed by atoms with E-state index in [1.165, 1.54) is 6.07 Å². The monoisotopic (exact) mass is 285 g/mol. The Bertz CT molecular complexity index is 603. The highest BCUT2D eigenvalue weighted by molar-refractivity contribution is 7.89. The topological polar surface area (TPSA) is 140 Å². The van der Waals surface area contributed by atoms with Crippen LogP contribution in [0.3, 0.4) is 0 Å². The van der Waals surface area contributed by atoms with Crippen molar-refractivity contribution in [2.75, 3.05) is 0 Å². The molecular formula is C10H11N3O5S. The molecule has 0 saturated carbocycles. The predicted octanol–water partition coefficient (Wildman–Crippen LogP) is -0.934. The van der Waals surface area contributed by atoms with Crippen LogP contribution in [-0.4, -0.2) is 41.7 Å². The lowest BCUT2D eigenvalue weighted by Crippen LogP contribution is -2.47. The number of carbonyl (C=O) groups is 1. The second kappa shape index (κ2) is 5.75. The summed E-state index contributed by atoms with van der Waals surface area (Å²) in [5, 5.41) is 26.5. The molecule has 0 spiro atoms. The Morgan fingerprint density at radius 1 is 1.53 bits per heavy atom. The Morgan fingerprint density at radius 3 is 2.53 bits per heavy atom. The van der Waals surface area contributed by atoms with Crippen LogP contribution in [0.15, 0.2) is 23.2 Å². The first-order valence-electron chi connectivity index (χ1n) is 5.07. The number of carboxylic acid groups (broad SMARTS) is 1. The zero-order valence-corrected chi connectivity index (χ0v) is 10.6. The molecule has 9 heteroatoms. The molecule has 1 aromatic rings. The second-order valence-electron chi connectivity index (χ2n) is 3.67. The van der Waals surface area contributed by atoms with Crippen LogP contribution in [0.2, 0.25) is 0 Å². The van der Waals surface area contributed by atoms with Crippen molar-refractivity contribution >= 4 is 16.0 Å². The van der Waals surface area contributed by atoms with Crippen molar-refractivity contribution in [2.45, 2.75) is 24.0 Å². The van der Waals surface area contributed by atoms with Crippen molar-refractivity contribution in [1.82, 2.24) is 9.71 Å². The zero-order chi connectivity index (χ0) is 14.6. The number of nitriles is 1. The number of sulfonamides is 1. The average molecular weight is 285 g/mol. The smallest absolute Gasteiger partial charge is 0.324 e. The fraction of sp³-hybridized carbons (Fsp3) is 0.300. The molecule has 0 saturated heterocycles. The molecule has 0 aliphatic heterocycles. The Hall–Kier alpha value is -2.02. The molecule has 1 rings (SSSR count). The molecule has 0 aromatic carbocycles. The zero-order valence-electron chi connectivity index (χ0n) is 9.81. The van der Waals surface area contributed by atoms with Gasteiger partial charge in [-0.05, 0) is 19.1 Å². The molecule has 2 atom stereocenters. The molecule has 0 fully saturated rings. The summed E-state index contributed by atoms with van der Waals surface area (Å²) in [6, 6.07) is 2.36. The first-order chi connectivity index (χ1) is 8.77. The van der Waals surface area contributed by atoms with Gasteiger partial charge in [-0.2, -0.15) is 9.98 Å². The van der Waals surface area contributed by atoms with Crippen molar-refractivity contribution < 1.29 is 23.4 Å². The fourth-order valence-corrected chi connectivity index (χ4v) is 2.40. The molecule has 0 unspecified atom stereocenters. The van der Waals surface area contributed by atoms with Crippen LogP contribution in [0.1, 0.15) is 12.6 Å². The van der Waals surface area contributed by atoms with Gasteiger partial charge in [0.05, 0.1) is 6.10 Å². The summed E-state index contributed by atoms with van der Waals surface area (Å²) in [5.74, 6) is -1.50. The summed E-state index contributed by atoms with van der Waals surface area (Å²) in [5.41, 5.74) is 0.0317. The summed E-state index contributed by atoms with van der Waals surface area (Å²) in [6.07, 6.45) is -0.472. The van der Waals surface area contributed by atoms with Crippen LogP contribution in [-0.2, 0) is 14.8 Å². The minimum atomic E-state index is -4.14. The van der Waals surface area contributed by atoms with E-state index in [1.807, 2.05) is 4.72 Å². The number of pyridine rings is 1. The van der Waals surface area contributed by atoms with Crippen molar-refractivity contribution in [3.63, 3.8) is 0 Å². The molecule has 3 N–H and O–H groups in total. The summed E-state index contributed by atoms with van der Waals surface area (Å²) in [7, 11) is -4.14. The number of aliphatic carboxylic acids is 1. The van der Waals surface area contributed by atoms with Gasteiger partial charge >= 0.3 is 5.97 Å². The van der Waals surface area contributed by atoms with Gasteiger partial charge in [0.15, 0.2) is 0 Å². The number of carboxylic acids is 1. The predicted molar refractivity (Wildman–Crippen MR) is 62.4 cm³/mol. The third-order valence-electron chi connectivity index (χ3n) is 2.19. The average Bonchev–Trinajstić information content (AvgIpc) is 2.35. The third kappa shape index (κ3) is 3.72. The van der Waals surface area contributed by atoms with Gasteiger partial charge in [0.25, 0.3) is 0 Å². The molecule has 102 valence electrons. The molecule has 19 heavy (non-hydrogen) atoms. The normalized spacial score (nSPS) is 14.4. The lowest BCUT2D eigenvalue weighted by atomic mass is 10.2. The van der Waals surface area contributed by atoms with E-state index in [0.29, 0.717) is 0 Å². The van der Waals surface area contributed by atoms with Gasteiger partial charge in [0.2, 0.25) is 10.0 Å². The van der Waals surface area contributed by atoms with Gasteiger partial charge in [-0.15, -0.1) is 0 Å². The van der Waals surface area contributed by atoms with Gasteiger partial charge < -0.3 is 10.2 Å². The molecule has 0 amide bonds. The number of rotatable bonds is 5. The Kier molecular flexibility index (Phi) is 4.55. The van der Waals surface area contributed by atoms with Crippen LogP contribution < -0.4 is 4.72 Å². The number of nitrogens with one attached hydrogen (secondary N) is 1. The quantitative estimate of drug-likeness (QED) is 0.634. The van der Waals surface area contributed by atoms with Crippen molar-refractivity contribution in [3.8, 4) is 6.07 Å². The molecule has 0 bridgehead atoms. The summed E-state index contributed by atoms with van der Waals surface area (Å²) in [4.78, 5) is 14.1. The maximum atomic E-state index is 11.8. The maximum Gasteiger partial charge on any atom is 0.324 e. The standard InChI is InChI=1S/C10H11N3O5S/c1-6(14)9(10(15)16)13-19(17,18)8-3-2-7(4-11)12-5-8/h2-3,5-6,9,13-14H,1H3,(H,15,16)/t6-,9+/m1/s1. The SMILES string of the molecule is C[C@@H](O)[C@H](NS(=O)(=O)c1ccc(C#N)nc1)C(=O)O. The Morgan fingerprint density at radius 2 is 2.16 bits per heavy atom. The third-order valence-corrected chi connectivity index (χ3v) is 3.62. The molecule has 0 aliphatic rings. The summed E-state index contributed by atoms with van der Waals surface area (Å²) < 4.78 is 25.5. The van der Waals surface area contributed by atoms with Crippen LogP contribution in [0, 0.1) is 11.3 Å². The van der Waals surface area contributed by atoms with E-state index in [1.54, 1.807) is 6.07 Å². The van der Waals surface area contributed by atoms with Crippen LogP contribution >= 0.6 is 0 Å². The largest absolute Gasteiger partial charge is 0.480 e. The van der Waals surface area contributed by atoms with Crippen molar-refractivity contribution in [1.29, 1.82) is 5.26 Å². The van der Waals surface area contributed by atoms with Crippen LogP contribution in [0.5, 0.6) is 0 Å². The first kappa shape index (κ1) is 15.0. The molecule has 0 radical (unpaired) electrons. The molecule has 0 aliphatic carbocycles. The molecule has 1 heterocycles. The number of nitrogens with zero attached hydrogens (tertiary/aromatic N) is 2. The Labute approximate surface area is 109 Å². The fourth-order valence-electron chi connectivity index (χ4n) is 1.20. The molecule has 1 aromatic heterocycles. The van der Waals surface area contributed by atoms with Gasteiger partial charge in [0, 0.05) is 6.20 Å². The lowest BCUT2D eigenvalue weighted by molar-refractivity contribution is -0.141. The van der Waals surface area contributed by atoms with Crippen LogP contribution in [0.4, 0.5) is 0 Å². The number of hydrogen-bond acceptors (Lipinski definition) is 6. The maximum absolute atomic E-state index is 11.8. The second-order valence-corrected chi connectivity index (χ2v) is 5.38. The summed E-state index contributed by atoms with van der Waals surface area (Å²) >= 11 is 0. The number of aliphatic hydroxyl groups excluding tert-OH is 1. The van der Waals surface area contributed by atoms with Crippen molar-refractivity contribution in [2.24, 2.45) is 0 Å². The first-order valence-corrected chi connectivity index (χ1v) is 6.55. The highest BCUT2D eigenvalue weighted by atomic mass is 32.2. The summed E-state index contributed by atoms with van der Waals surface area (Å²) in [6.45, 7) is 1.15. The van der Waals surface area contributed by atoms with E-state index in [9.17, 15) is 18.3 Å². The van der Waals surface area contributed by atoms with E-state index in [0.717, 1.165) is 19.2 Å². The van der Waals surface area contributed by atoms with Gasteiger partial charge in [-0.1, -0.05) is 0 Å². The van der Waals surface area contributed by atoms with Gasteiger partial charge in [-0.3, -0.25) is 4.79 Å². The van der Waals surface area contributed by atoms with E-state index in [4.69, 9.17) is 10.4 Å². The lowest BCUT2D eigenvalue weighted by Gasteiger charge is -2.16. The highest BCUT2D eigenvalue weighted by Gasteiger charge is 2.29. The van der Waals surface area contributed by atoms with Crippen LogP contribution in [0.25, 0.3) is 0 Å². The van der Waals surface area contributed by atoms with Gasteiger partial charge in [-0.25, -0.2) is 13.4 Å². The van der Waals surface area contributed by atoms with E-state index in [2.05, 4.69) is 4.98 Å². The minimum absolute atomic E-state index is 0.0317. The number of aromatic nitrogens is 1. The van der Waals surface area contributed by atoms with Gasteiger partial charge in [0.1, 0.15) is 22.7 Å². The highest BCUT2D eigenvalue weighted by Crippen LogP contribution is 2.09. The number of hydrogen-bond donors (Lipinski definition) is 3. The minimum Gasteiger partial charge on any atom is -0.480 e. The number of aliphatic hydroxyl groups is 1. The van der Waals surface area contributed by atoms with E-state index >= 15 is 0 Å². The Balaban J connectivity index is 3.03. The molecular weight excluding hydrogens is 274 g/mol. The molecule has 8 nitrogen and oxygen atoms in total.